The molecule has 0 atom stereocenters. The Bertz CT molecular complexity index is 1160. The summed E-state index contributed by atoms with van der Waals surface area (Å²) in [6.45, 7) is 10.2. The maximum absolute atomic E-state index is 13.6. The predicted octanol–water partition coefficient (Wildman–Crippen LogP) is 5.05. The smallest absolute Gasteiger partial charge is 0.416 e. The number of likely N-dealkylation sites (N-methyl/N-ethyl adjacent to an activating group) is 1. The minimum atomic E-state index is -4.39. The second-order valence-electron chi connectivity index (χ2n) is 8.33. The molecular formula is C26H28F3N3O2. The third-order valence-corrected chi connectivity index (χ3v) is 6.21. The number of alkyl halides is 3. The summed E-state index contributed by atoms with van der Waals surface area (Å²) in [5.41, 5.74) is 1.26. The molecule has 0 unspecified atom stereocenters. The largest absolute Gasteiger partial charge is 0.489 e. The number of carbonyl (C=O) groups is 1. The summed E-state index contributed by atoms with van der Waals surface area (Å²) in [6.07, 6.45) is -2.74. The van der Waals surface area contributed by atoms with Crippen LogP contribution in [0, 0.1) is 0 Å². The number of hydrogen-bond donors (Lipinski definition) is 0. The first-order valence-electron chi connectivity index (χ1n) is 11.4. The number of carbonyl (C=O) groups excluding carboxylic acids is 1. The van der Waals surface area contributed by atoms with Crippen molar-refractivity contribution in [3.05, 3.63) is 78.0 Å². The zero-order valence-corrected chi connectivity index (χ0v) is 19.1. The highest BCUT2D eigenvalue weighted by Gasteiger charge is 2.30. The van der Waals surface area contributed by atoms with Crippen molar-refractivity contribution in [2.24, 2.45) is 0 Å². The van der Waals surface area contributed by atoms with Crippen LogP contribution in [0.25, 0.3) is 10.9 Å². The maximum Gasteiger partial charge on any atom is 0.416 e. The van der Waals surface area contributed by atoms with E-state index in [-0.39, 0.29) is 12.5 Å². The summed E-state index contributed by atoms with van der Waals surface area (Å²) in [5, 5.41) is 0.784. The number of hydrogen-bond acceptors (Lipinski definition) is 3. The van der Waals surface area contributed by atoms with E-state index in [2.05, 4.69) is 18.4 Å². The lowest BCUT2D eigenvalue weighted by atomic mass is 10.1. The van der Waals surface area contributed by atoms with Gasteiger partial charge in [0.1, 0.15) is 18.1 Å². The predicted molar refractivity (Wildman–Crippen MR) is 126 cm³/mol. The monoisotopic (exact) mass is 471 g/mol. The highest BCUT2D eigenvalue weighted by Crippen LogP contribution is 2.32. The summed E-state index contributed by atoms with van der Waals surface area (Å²) in [4.78, 5) is 17.7. The molecule has 0 bridgehead atoms. The molecule has 0 radical (unpaired) electrons. The van der Waals surface area contributed by atoms with Gasteiger partial charge in [0, 0.05) is 38.1 Å². The molecule has 3 aromatic rings. The van der Waals surface area contributed by atoms with Crippen molar-refractivity contribution in [2.45, 2.75) is 19.6 Å². The van der Waals surface area contributed by atoms with E-state index in [0.29, 0.717) is 36.7 Å². The normalized spacial score (nSPS) is 15.0. The van der Waals surface area contributed by atoms with Crippen LogP contribution in [0.15, 0.2) is 61.2 Å². The Morgan fingerprint density at radius 3 is 2.41 bits per heavy atom. The molecule has 1 fully saturated rings. The van der Waals surface area contributed by atoms with Crippen LogP contribution in [-0.2, 0) is 12.7 Å². The first-order chi connectivity index (χ1) is 16.3. The summed E-state index contributed by atoms with van der Waals surface area (Å²) in [5.74, 6) is 0.543. The van der Waals surface area contributed by atoms with Crippen molar-refractivity contribution < 1.29 is 22.7 Å². The average Bonchev–Trinajstić information content (AvgIpc) is 3.21. The van der Waals surface area contributed by atoms with Gasteiger partial charge in [0.15, 0.2) is 0 Å². The van der Waals surface area contributed by atoms with E-state index >= 15 is 0 Å². The van der Waals surface area contributed by atoms with Crippen LogP contribution in [-0.4, -0.2) is 59.6 Å². The second kappa shape index (κ2) is 9.93. The lowest BCUT2D eigenvalue weighted by Gasteiger charge is -2.34. The average molecular weight is 472 g/mol. The molecule has 0 aliphatic carbocycles. The SMILES string of the molecule is C=CCOc1cccc2c1cc(C(=O)N1CCN(CC)CC1)n2Cc1ccc(C(F)(F)F)cc1. The first-order valence-corrected chi connectivity index (χ1v) is 11.4. The van der Waals surface area contributed by atoms with Gasteiger partial charge in [0.2, 0.25) is 0 Å². The van der Waals surface area contributed by atoms with Gasteiger partial charge in [-0.25, -0.2) is 0 Å². The van der Waals surface area contributed by atoms with Gasteiger partial charge < -0.3 is 19.1 Å². The van der Waals surface area contributed by atoms with E-state index in [0.717, 1.165) is 42.7 Å². The van der Waals surface area contributed by atoms with Crippen molar-refractivity contribution in [3.63, 3.8) is 0 Å². The lowest BCUT2D eigenvalue weighted by Crippen LogP contribution is -2.48. The first kappa shape index (κ1) is 23.9. The van der Waals surface area contributed by atoms with Crippen molar-refractivity contribution in [2.75, 3.05) is 39.3 Å². The third-order valence-electron chi connectivity index (χ3n) is 6.21. The molecule has 0 N–H and O–H groups in total. The number of amides is 1. The molecule has 1 aromatic heterocycles. The molecule has 0 saturated carbocycles. The van der Waals surface area contributed by atoms with Crippen molar-refractivity contribution >= 4 is 16.8 Å². The fraction of sp³-hybridized carbons (Fsp3) is 0.346. The molecule has 1 saturated heterocycles. The molecule has 0 spiro atoms. The van der Waals surface area contributed by atoms with Gasteiger partial charge >= 0.3 is 6.18 Å². The number of nitrogens with zero attached hydrogens (tertiary/aromatic N) is 3. The molecule has 1 aliphatic rings. The fourth-order valence-electron chi connectivity index (χ4n) is 4.29. The fourth-order valence-corrected chi connectivity index (χ4v) is 4.29. The number of rotatable bonds is 7. The Kier molecular flexibility index (Phi) is 6.97. The number of aromatic nitrogens is 1. The number of piperazine rings is 1. The highest BCUT2D eigenvalue weighted by atomic mass is 19.4. The molecule has 2 heterocycles. The minimum absolute atomic E-state index is 0.0893. The molecule has 180 valence electrons. The zero-order chi connectivity index (χ0) is 24.3. The van der Waals surface area contributed by atoms with Gasteiger partial charge in [-0.3, -0.25) is 4.79 Å². The summed E-state index contributed by atoms with van der Waals surface area (Å²) in [6, 6.07) is 12.5. The summed E-state index contributed by atoms with van der Waals surface area (Å²) in [7, 11) is 0. The van der Waals surface area contributed by atoms with Crippen LogP contribution in [0.4, 0.5) is 13.2 Å². The quantitative estimate of drug-likeness (QED) is 0.453. The van der Waals surface area contributed by atoms with E-state index in [1.807, 2.05) is 33.7 Å². The number of benzene rings is 2. The van der Waals surface area contributed by atoms with Gasteiger partial charge in [0.05, 0.1) is 11.1 Å². The maximum atomic E-state index is 13.6. The van der Waals surface area contributed by atoms with Crippen LogP contribution in [0.1, 0.15) is 28.5 Å². The molecule has 5 nitrogen and oxygen atoms in total. The van der Waals surface area contributed by atoms with Gasteiger partial charge in [-0.15, -0.1) is 0 Å². The topological polar surface area (TPSA) is 37.7 Å². The highest BCUT2D eigenvalue weighted by molar-refractivity contribution is 6.00. The van der Waals surface area contributed by atoms with E-state index in [1.165, 1.54) is 12.1 Å². The molecule has 8 heteroatoms. The minimum Gasteiger partial charge on any atom is -0.489 e. The Morgan fingerprint density at radius 2 is 1.79 bits per heavy atom. The third kappa shape index (κ3) is 4.97. The standard InChI is InChI=1S/C26H28F3N3O2/c1-3-16-34-24-7-5-6-22-21(24)17-23(25(33)31-14-12-30(4-2)13-15-31)32(22)18-19-8-10-20(11-9-19)26(27,28)29/h3,5-11,17H,1,4,12-16,18H2,2H3. The van der Waals surface area contributed by atoms with Crippen molar-refractivity contribution in [1.82, 2.24) is 14.4 Å². The Balaban J connectivity index is 1.72. The molecular weight excluding hydrogens is 443 g/mol. The summed E-state index contributed by atoms with van der Waals surface area (Å²) < 4.78 is 46.7. The molecule has 1 amide bonds. The van der Waals surface area contributed by atoms with Crippen molar-refractivity contribution in [1.29, 1.82) is 0 Å². The van der Waals surface area contributed by atoms with E-state index in [1.54, 1.807) is 6.08 Å². The van der Waals surface area contributed by atoms with Crippen LogP contribution in [0.5, 0.6) is 5.75 Å². The zero-order valence-electron chi connectivity index (χ0n) is 19.1. The lowest BCUT2D eigenvalue weighted by molar-refractivity contribution is -0.137. The number of fused-ring (bicyclic) bond motifs is 1. The van der Waals surface area contributed by atoms with Gasteiger partial charge in [-0.1, -0.05) is 37.8 Å². The number of halogens is 3. The Morgan fingerprint density at radius 1 is 1.09 bits per heavy atom. The van der Waals surface area contributed by atoms with Crippen LogP contribution in [0.3, 0.4) is 0 Å². The van der Waals surface area contributed by atoms with E-state index < -0.39 is 11.7 Å². The Hall–Kier alpha value is -3.26. The summed E-state index contributed by atoms with van der Waals surface area (Å²) >= 11 is 0. The van der Waals surface area contributed by atoms with Crippen LogP contribution >= 0.6 is 0 Å². The van der Waals surface area contributed by atoms with Gasteiger partial charge in [-0.2, -0.15) is 13.2 Å². The molecule has 34 heavy (non-hydrogen) atoms. The van der Waals surface area contributed by atoms with Crippen molar-refractivity contribution in [3.8, 4) is 5.75 Å². The molecule has 1 aliphatic heterocycles. The van der Waals surface area contributed by atoms with Gasteiger partial charge in [0.25, 0.3) is 5.91 Å². The Labute approximate surface area is 197 Å². The van der Waals surface area contributed by atoms with E-state index in [9.17, 15) is 18.0 Å². The van der Waals surface area contributed by atoms with E-state index in [4.69, 9.17) is 4.74 Å². The molecule has 4 rings (SSSR count). The van der Waals surface area contributed by atoms with Crippen LogP contribution in [0.2, 0.25) is 0 Å². The van der Waals surface area contributed by atoms with Gasteiger partial charge in [-0.05, 0) is 42.4 Å². The number of ether oxygens (including phenoxy) is 1. The van der Waals surface area contributed by atoms with Crippen LogP contribution < -0.4 is 4.74 Å². The second-order valence-corrected chi connectivity index (χ2v) is 8.33. The molecule has 2 aromatic carbocycles.